The molecule has 2 unspecified atom stereocenters. The largest absolute Gasteiger partial charge is 0.496 e. The van der Waals surface area contributed by atoms with Gasteiger partial charge in [0.2, 0.25) is 0 Å². The van der Waals surface area contributed by atoms with Gasteiger partial charge in [0.25, 0.3) is 0 Å². The molecule has 94 valence electrons. The summed E-state index contributed by atoms with van der Waals surface area (Å²) >= 11 is 3.51. The summed E-state index contributed by atoms with van der Waals surface area (Å²) in [6, 6.07) is 6.24. The third-order valence-corrected chi connectivity index (χ3v) is 4.12. The van der Waals surface area contributed by atoms with E-state index in [9.17, 15) is 5.11 Å². The number of aliphatic hydroxyl groups excluding tert-OH is 1. The Hall–Kier alpha value is -0.540. The van der Waals surface area contributed by atoms with Gasteiger partial charge < -0.3 is 9.84 Å². The van der Waals surface area contributed by atoms with Crippen molar-refractivity contribution in [2.75, 3.05) is 7.11 Å². The van der Waals surface area contributed by atoms with Crippen LogP contribution in [0.25, 0.3) is 0 Å². The van der Waals surface area contributed by atoms with Crippen LogP contribution in [-0.4, -0.2) is 18.3 Å². The van der Waals surface area contributed by atoms with Gasteiger partial charge in [0.15, 0.2) is 0 Å². The van der Waals surface area contributed by atoms with Crippen molar-refractivity contribution in [2.24, 2.45) is 5.92 Å². The van der Waals surface area contributed by atoms with E-state index in [1.807, 2.05) is 6.07 Å². The first-order valence-corrected chi connectivity index (χ1v) is 6.99. The van der Waals surface area contributed by atoms with Gasteiger partial charge in [-0.15, -0.1) is 0 Å². The average Bonchev–Trinajstić information content (AvgIpc) is 2.29. The summed E-state index contributed by atoms with van der Waals surface area (Å²) in [5.74, 6) is 1.50. The monoisotopic (exact) mass is 298 g/mol. The summed E-state index contributed by atoms with van der Waals surface area (Å²) in [5.41, 5.74) is 1.32. The number of hydrogen-bond acceptors (Lipinski definition) is 2. The number of rotatable bonds is 3. The van der Waals surface area contributed by atoms with E-state index in [2.05, 4.69) is 28.1 Å². The first kappa shape index (κ1) is 12.9. The molecular formula is C14H19BrO2. The molecule has 0 aromatic heterocycles. The second kappa shape index (κ2) is 5.87. The Morgan fingerprint density at radius 2 is 2.24 bits per heavy atom. The SMILES string of the molecule is COc1ccc(CC2CCCC(O)C2)cc1Br. The molecule has 2 atom stereocenters. The van der Waals surface area contributed by atoms with Crippen molar-refractivity contribution in [1.82, 2.24) is 0 Å². The highest BCUT2D eigenvalue weighted by atomic mass is 79.9. The molecule has 2 rings (SSSR count). The minimum absolute atomic E-state index is 0.0876. The second-order valence-electron chi connectivity index (χ2n) is 4.86. The zero-order chi connectivity index (χ0) is 12.3. The molecule has 1 fully saturated rings. The van der Waals surface area contributed by atoms with Crippen LogP contribution in [0.3, 0.4) is 0 Å². The Kier molecular flexibility index (Phi) is 4.46. The van der Waals surface area contributed by atoms with Crippen LogP contribution in [0.5, 0.6) is 5.75 Å². The average molecular weight is 299 g/mol. The molecule has 0 bridgehead atoms. The first-order valence-electron chi connectivity index (χ1n) is 6.19. The van der Waals surface area contributed by atoms with Crippen LogP contribution in [-0.2, 0) is 6.42 Å². The highest BCUT2D eigenvalue weighted by molar-refractivity contribution is 9.10. The molecule has 3 heteroatoms. The smallest absolute Gasteiger partial charge is 0.133 e. The standard InChI is InChI=1S/C14H19BrO2/c1-17-14-6-5-11(9-13(14)15)7-10-3-2-4-12(16)8-10/h5-6,9-10,12,16H,2-4,7-8H2,1H3. The molecule has 0 amide bonds. The third kappa shape index (κ3) is 3.46. The summed E-state index contributed by atoms with van der Waals surface area (Å²) in [4.78, 5) is 0. The van der Waals surface area contributed by atoms with Crippen LogP contribution in [0.2, 0.25) is 0 Å². The lowest BCUT2D eigenvalue weighted by Gasteiger charge is -2.25. The summed E-state index contributed by atoms with van der Waals surface area (Å²) < 4.78 is 6.23. The van der Waals surface area contributed by atoms with Gasteiger partial charge in [-0.25, -0.2) is 0 Å². The third-order valence-electron chi connectivity index (χ3n) is 3.50. The Labute approximate surface area is 111 Å². The van der Waals surface area contributed by atoms with Crippen LogP contribution >= 0.6 is 15.9 Å². The summed E-state index contributed by atoms with van der Waals surface area (Å²) in [6.45, 7) is 0. The van der Waals surface area contributed by atoms with E-state index in [1.54, 1.807) is 7.11 Å². The van der Waals surface area contributed by atoms with Gasteiger partial charge in [0.05, 0.1) is 17.7 Å². The summed E-state index contributed by atoms with van der Waals surface area (Å²) in [6.07, 6.45) is 5.28. The Morgan fingerprint density at radius 1 is 1.41 bits per heavy atom. The zero-order valence-electron chi connectivity index (χ0n) is 10.2. The lowest BCUT2D eigenvalue weighted by molar-refractivity contribution is 0.101. The molecule has 1 saturated carbocycles. The fourth-order valence-corrected chi connectivity index (χ4v) is 3.21. The fraction of sp³-hybridized carbons (Fsp3) is 0.571. The highest BCUT2D eigenvalue weighted by Crippen LogP contribution is 2.30. The van der Waals surface area contributed by atoms with E-state index in [0.717, 1.165) is 35.9 Å². The molecule has 1 aliphatic carbocycles. The van der Waals surface area contributed by atoms with Gasteiger partial charge in [-0.2, -0.15) is 0 Å². The van der Waals surface area contributed by atoms with E-state index in [1.165, 1.54) is 12.0 Å². The normalized spacial score (nSPS) is 24.6. The molecule has 1 aromatic rings. The minimum Gasteiger partial charge on any atom is -0.496 e. The topological polar surface area (TPSA) is 29.5 Å². The van der Waals surface area contributed by atoms with Crippen LogP contribution in [0.15, 0.2) is 22.7 Å². The van der Waals surface area contributed by atoms with Gasteiger partial charge in [-0.05, 0) is 65.2 Å². The molecule has 0 radical (unpaired) electrons. The maximum absolute atomic E-state index is 9.67. The Bertz CT molecular complexity index is 378. The van der Waals surface area contributed by atoms with E-state index in [4.69, 9.17) is 4.74 Å². The summed E-state index contributed by atoms with van der Waals surface area (Å²) in [5, 5.41) is 9.67. The maximum Gasteiger partial charge on any atom is 0.133 e. The van der Waals surface area contributed by atoms with Crippen molar-refractivity contribution in [3.05, 3.63) is 28.2 Å². The Morgan fingerprint density at radius 3 is 2.88 bits per heavy atom. The lowest BCUT2D eigenvalue weighted by atomic mass is 9.83. The molecule has 1 aliphatic rings. The minimum atomic E-state index is -0.0876. The number of aliphatic hydroxyl groups is 1. The molecule has 17 heavy (non-hydrogen) atoms. The van der Waals surface area contributed by atoms with Gasteiger partial charge in [-0.3, -0.25) is 0 Å². The van der Waals surface area contributed by atoms with Gasteiger partial charge in [0, 0.05) is 0 Å². The number of hydrogen-bond donors (Lipinski definition) is 1. The van der Waals surface area contributed by atoms with Crippen molar-refractivity contribution in [3.8, 4) is 5.75 Å². The quantitative estimate of drug-likeness (QED) is 0.925. The first-order chi connectivity index (χ1) is 8.19. The molecule has 0 aliphatic heterocycles. The van der Waals surface area contributed by atoms with E-state index >= 15 is 0 Å². The number of methoxy groups -OCH3 is 1. The highest BCUT2D eigenvalue weighted by Gasteiger charge is 2.20. The van der Waals surface area contributed by atoms with E-state index in [0.29, 0.717) is 5.92 Å². The fourth-order valence-electron chi connectivity index (χ4n) is 2.62. The van der Waals surface area contributed by atoms with Gasteiger partial charge >= 0.3 is 0 Å². The van der Waals surface area contributed by atoms with Crippen LogP contribution in [0, 0.1) is 5.92 Å². The molecule has 2 nitrogen and oxygen atoms in total. The molecule has 0 saturated heterocycles. The van der Waals surface area contributed by atoms with Crippen molar-refractivity contribution >= 4 is 15.9 Å². The molecule has 1 N–H and O–H groups in total. The van der Waals surface area contributed by atoms with Gasteiger partial charge in [-0.1, -0.05) is 12.5 Å². The van der Waals surface area contributed by atoms with Crippen LogP contribution in [0.4, 0.5) is 0 Å². The van der Waals surface area contributed by atoms with Crippen LogP contribution < -0.4 is 4.74 Å². The number of benzene rings is 1. The number of halogens is 1. The van der Waals surface area contributed by atoms with Crippen molar-refractivity contribution in [1.29, 1.82) is 0 Å². The van der Waals surface area contributed by atoms with E-state index in [-0.39, 0.29) is 6.10 Å². The van der Waals surface area contributed by atoms with Gasteiger partial charge in [0.1, 0.15) is 5.75 Å². The number of ether oxygens (including phenoxy) is 1. The van der Waals surface area contributed by atoms with Crippen molar-refractivity contribution in [3.63, 3.8) is 0 Å². The molecular weight excluding hydrogens is 280 g/mol. The lowest BCUT2D eigenvalue weighted by Crippen LogP contribution is -2.20. The predicted molar refractivity (Wildman–Crippen MR) is 72.4 cm³/mol. The molecule has 0 spiro atoms. The summed E-state index contributed by atoms with van der Waals surface area (Å²) in [7, 11) is 1.68. The van der Waals surface area contributed by atoms with Crippen molar-refractivity contribution in [2.45, 2.75) is 38.2 Å². The second-order valence-corrected chi connectivity index (χ2v) is 5.71. The molecule has 0 heterocycles. The van der Waals surface area contributed by atoms with Crippen LogP contribution in [0.1, 0.15) is 31.2 Å². The Balaban J connectivity index is 2.00. The maximum atomic E-state index is 9.67. The predicted octanol–water partition coefficient (Wildman–Crippen LogP) is 3.55. The van der Waals surface area contributed by atoms with E-state index < -0.39 is 0 Å². The van der Waals surface area contributed by atoms with Crippen molar-refractivity contribution < 1.29 is 9.84 Å². The molecule has 1 aromatic carbocycles. The zero-order valence-corrected chi connectivity index (χ0v) is 11.7.